The molecule has 2 nitrogen and oxygen atoms in total. The Kier molecular flexibility index (Phi) is 5.95. The fourth-order valence-electron chi connectivity index (χ4n) is 4.82. The fourth-order valence-corrected chi connectivity index (χ4v) is 4.82. The van der Waals surface area contributed by atoms with Gasteiger partial charge in [-0.2, -0.15) is 0 Å². The second-order valence-corrected chi connectivity index (χ2v) is 8.37. The summed E-state index contributed by atoms with van der Waals surface area (Å²) >= 11 is 0. The molecule has 2 saturated heterocycles. The fraction of sp³-hybridized carbons (Fsp3) is 0.520. The molecule has 2 aromatic carbocycles. The van der Waals surface area contributed by atoms with Crippen molar-refractivity contribution in [2.24, 2.45) is 0 Å². The second kappa shape index (κ2) is 8.58. The number of benzene rings is 2. The van der Waals surface area contributed by atoms with E-state index in [2.05, 4.69) is 72.2 Å². The Labute approximate surface area is 165 Å². The molecule has 0 aromatic heterocycles. The van der Waals surface area contributed by atoms with Crippen LogP contribution in [0.25, 0.3) is 11.1 Å². The van der Waals surface area contributed by atoms with E-state index in [1.165, 1.54) is 80.7 Å². The molecular weight excluding hydrogens is 328 g/mol. The van der Waals surface area contributed by atoms with E-state index in [0.717, 1.165) is 5.92 Å². The predicted octanol–water partition coefficient (Wildman–Crippen LogP) is 5.71. The van der Waals surface area contributed by atoms with Crippen LogP contribution in [0.4, 0.5) is 0 Å². The molecule has 0 aliphatic carbocycles. The van der Waals surface area contributed by atoms with Gasteiger partial charge in [-0.05, 0) is 93.5 Å². The Morgan fingerprint density at radius 1 is 0.815 bits per heavy atom. The predicted molar refractivity (Wildman–Crippen MR) is 115 cm³/mol. The minimum absolute atomic E-state index is 0.540. The van der Waals surface area contributed by atoms with Crippen LogP contribution in [0.2, 0.25) is 0 Å². The maximum Gasteiger partial charge on any atom is 0.0319 e. The van der Waals surface area contributed by atoms with Crippen LogP contribution < -0.4 is 0 Å². The van der Waals surface area contributed by atoms with E-state index in [1.54, 1.807) is 0 Å². The largest absolute Gasteiger partial charge is 0.304 e. The smallest absolute Gasteiger partial charge is 0.0319 e. The molecule has 0 amide bonds. The summed E-state index contributed by atoms with van der Waals surface area (Å²) in [5, 5.41) is 0. The molecule has 1 atom stereocenters. The summed E-state index contributed by atoms with van der Waals surface area (Å²) in [7, 11) is 0. The first kappa shape index (κ1) is 18.7. The van der Waals surface area contributed by atoms with Gasteiger partial charge in [-0.15, -0.1) is 0 Å². The van der Waals surface area contributed by atoms with Crippen LogP contribution in [0.15, 0.2) is 48.5 Å². The van der Waals surface area contributed by atoms with Crippen molar-refractivity contribution in [2.45, 2.75) is 51.5 Å². The van der Waals surface area contributed by atoms with Crippen molar-refractivity contribution in [2.75, 3.05) is 32.7 Å². The van der Waals surface area contributed by atoms with Crippen LogP contribution in [-0.2, 0) is 0 Å². The van der Waals surface area contributed by atoms with Gasteiger partial charge in [0.15, 0.2) is 0 Å². The van der Waals surface area contributed by atoms with Crippen molar-refractivity contribution in [1.29, 1.82) is 0 Å². The molecule has 0 spiro atoms. The molecule has 2 fully saturated rings. The van der Waals surface area contributed by atoms with E-state index < -0.39 is 0 Å². The Balaban J connectivity index is 1.41. The first-order chi connectivity index (χ1) is 13.2. The lowest BCUT2D eigenvalue weighted by Gasteiger charge is -2.31. The third-order valence-electron chi connectivity index (χ3n) is 6.83. The zero-order valence-corrected chi connectivity index (χ0v) is 17.0. The van der Waals surface area contributed by atoms with E-state index in [9.17, 15) is 0 Å². The van der Waals surface area contributed by atoms with Gasteiger partial charge in [0.1, 0.15) is 0 Å². The summed E-state index contributed by atoms with van der Waals surface area (Å²) in [5.74, 6) is 0.741. The molecule has 2 aromatic rings. The quantitative estimate of drug-likeness (QED) is 0.672. The first-order valence-corrected chi connectivity index (χ1v) is 10.9. The van der Waals surface area contributed by atoms with Crippen molar-refractivity contribution in [3.63, 3.8) is 0 Å². The average Bonchev–Trinajstić information content (AvgIpc) is 3.28. The number of hydrogen-bond donors (Lipinski definition) is 0. The Bertz CT molecular complexity index is 705. The Morgan fingerprint density at radius 3 is 1.93 bits per heavy atom. The summed E-state index contributed by atoms with van der Waals surface area (Å²) in [4.78, 5) is 5.17. The van der Waals surface area contributed by atoms with Gasteiger partial charge in [-0.1, -0.05) is 55.5 Å². The molecule has 0 radical (unpaired) electrons. The molecule has 0 saturated carbocycles. The zero-order valence-electron chi connectivity index (χ0n) is 17.0. The highest BCUT2D eigenvalue weighted by molar-refractivity contribution is 5.64. The number of hydrogen-bond acceptors (Lipinski definition) is 2. The third-order valence-corrected chi connectivity index (χ3v) is 6.83. The lowest BCUT2D eigenvalue weighted by Crippen LogP contribution is -2.32. The molecule has 2 heterocycles. The Morgan fingerprint density at radius 2 is 1.37 bits per heavy atom. The van der Waals surface area contributed by atoms with E-state index in [1.807, 2.05) is 0 Å². The summed E-state index contributed by atoms with van der Waals surface area (Å²) in [6.07, 6.45) is 5.31. The van der Waals surface area contributed by atoms with Crippen molar-refractivity contribution in [3.8, 4) is 11.1 Å². The lowest BCUT2D eigenvalue weighted by atomic mass is 9.88. The monoisotopic (exact) mass is 362 g/mol. The van der Waals surface area contributed by atoms with Crippen LogP contribution in [0.3, 0.4) is 0 Å². The molecule has 4 rings (SSSR count). The van der Waals surface area contributed by atoms with Crippen molar-refractivity contribution >= 4 is 0 Å². The maximum absolute atomic E-state index is 2.60. The Hall–Kier alpha value is -1.64. The molecule has 144 valence electrons. The van der Waals surface area contributed by atoms with Gasteiger partial charge < -0.3 is 4.90 Å². The van der Waals surface area contributed by atoms with Crippen LogP contribution in [0.1, 0.15) is 62.6 Å². The van der Waals surface area contributed by atoms with E-state index >= 15 is 0 Å². The van der Waals surface area contributed by atoms with Gasteiger partial charge in [0, 0.05) is 6.04 Å². The summed E-state index contributed by atoms with van der Waals surface area (Å²) < 4.78 is 0. The standard InChI is InChI=1S/C25H34N2/c1-3-26-18-14-25(15-19-26)24-12-10-23(11-13-24)22-8-6-21(7-9-22)20(2)27-16-4-5-17-27/h6-13,20,25H,3-5,14-19H2,1-2H3/t20-/m1/s1. The second-order valence-electron chi connectivity index (χ2n) is 8.37. The van der Waals surface area contributed by atoms with Gasteiger partial charge in [-0.25, -0.2) is 0 Å². The van der Waals surface area contributed by atoms with Gasteiger partial charge in [0.05, 0.1) is 0 Å². The lowest BCUT2D eigenvalue weighted by molar-refractivity contribution is 0.222. The van der Waals surface area contributed by atoms with Crippen LogP contribution in [0.5, 0.6) is 0 Å². The van der Waals surface area contributed by atoms with Crippen LogP contribution in [-0.4, -0.2) is 42.5 Å². The van der Waals surface area contributed by atoms with Crippen molar-refractivity contribution in [1.82, 2.24) is 9.80 Å². The molecule has 0 unspecified atom stereocenters. The molecule has 0 bridgehead atoms. The SMILES string of the molecule is CCN1CCC(c2ccc(-c3ccc([C@@H](C)N4CCCC4)cc3)cc2)CC1. The number of piperidine rings is 1. The minimum Gasteiger partial charge on any atom is -0.304 e. The molecule has 2 aliphatic heterocycles. The minimum atomic E-state index is 0.540. The van der Waals surface area contributed by atoms with E-state index in [0.29, 0.717) is 6.04 Å². The third kappa shape index (κ3) is 4.28. The highest BCUT2D eigenvalue weighted by atomic mass is 15.2. The van der Waals surface area contributed by atoms with Gasteiger partial charge in [0.2, 0.25) is 0 Å². The van der Waals surface area contributed by atoms with Gasteiger partial charge in [-0.3, -0.25) is 4.90 Å². The van der Waals surface area contributed by atoms with Gasteiger partial charge >= 0.3 is 0 Å². The summed E-state index contributed by atoms with van der Waals surface area (Å²) in [6, 6.07) is 19.2. The van der Waals surface area contributed by atoms with E-state index in [4.69, 9.17) is 0 Å². The van der Waals surface area contributed by atoms with E-state index in [-0.39, 0.29) is 0 Å². The van der Waals surface area contributed by atoms with Crippen molar-refractivity contribution < 1.29 is 0 Å². The van der Waals surface area contributed by atoms with Crippen LogP contribution >= 0.6 is 0 Å². The number of likely N-dealkylation sites (tertiary alicyclic amines) is 2. The summed E-state index contributed by atoms with van der Waals surface area (Å²) in [6.45, 7) is 10.8. The molecule has 0 N–H and O–H groups in total. The molecular formula is C25H34N2. The molecule has 27 heavy (non-hydrogen) atoms. The number of nitrogens with zero attached hydrogens (tertiary/aromatic N) is 2. The normalized spacial score (nSPS) is 20.8. The topological polar surface area (TPSA) is 6.48 Å². The number of rotatable bonds is 5. The highest BCUT2D eigenvalue weighted by Gasteiger charge is 2.20. The maximum atomic E-state index is 2.60. The van der Waals surface area contributed by atoms with Gasteiger partial charge in [0.25, 0.3) is 0 Å². The highest BCUT2D eigenvalue weighted by Crippen LogP contribution is 2.31. The first-order valence-electron chi connectivity index (χ1n) is 10.9. The molecule has 2 aliphatic rings. The summed E-state index contributed by atoms with van der Waals surface area (Å²) in [5.41, 5.74) is 5.64. The average molecular weight is 363 g/mol. The van der Waals surface area contributed by atoms with Crippen LogP contribution in [0, 0.1) is 0 Å². The molecule has 2 heteroatoms. The zero-order chi connectivity index (χ0) is 18.6. The van der Waals surface area contributed by atoms with Crippen molar-refractivity contribution in [3.05, 3.63) is 59.7 Å².